The van der Waals surface area contributed by atoms with Crippen LogP contribution in [-0.4, -0.2) is 16.4 Å². The highest BCUT2D eigenvalue weighted by Crippen LogP contribution is 2.11. The van der Waals surface area contributed by atoms with Gasteiger partial charge in [0, 0.05) is 19.5 Å². The van der Waals surface area contributed by atoms with Crippen LogP contribution < -0.4 is 5.73 Å². The minimum absolute atomic E-state index is 0.544. The molecule has 2 N–H and O–H groups in total. The first-order valence-electron chi connectivity index (χ1n) is 7.29. The average Bonchev–Trinajstić information content (AvgIpc) is 2.49. The van der Waals surface area contributed by atoms with Gasteiger partial charge >= 0.3 is 0 Å². The lowest BCUT2D eigenvalue weighted by atomic mass is 10.1. The molecule has 0 aromatic heterocycles. The van der Waals surface area contributed by atoms with Crippen molar-refractivity contribution in [1.82, 2.24) is 4.90 Å². The van der Waals surface area contributed by atoms with E-state index in [-0.39, 0.29) is 0 Å². The number of hydrogen-bond donors (Lipinski definition) is 1. The Morgan fingerprint density at radius 3 is 1.95 bits per heavy atom. The van der Waals surface area contributed by atoms with E-state index in [2.05, 4.69) is 66.4 Å². The summed E-state index contributed by atoms with van der Waals surface area (Å²) in [6.07, 6.45) is 0.678. The van der Waals surface area contributed by atoms with Gasteiger partial charge in [-0.05, 0) is 23.2 Å². The molecule has 21 heavy (non-hydrogen) atoms. The lowest BCUT2D eigenvalue weighted by Crippen LogP contribution is -2.22. The van der Waals surface area contributed by atoms with E-state index in [0.29, 0.717) is 11.4 Å². The van der Waals surface area contributed by atoms with Crippen molar-refractivity contribution in [2.24, 2.45) is 5.73 Å². The van der Waals surface area contributed by atoms with E-state index in [1.165, 1.54) is 16.7 Å². The third-order valence-corrected chi connectivity index (χ3v) is 3.65. The summed E-state index contributed by atoms with van der Waals surface area (Å²) < 4.78 is 0. The lowest BCUT2D eigenvalue weighted by Gasteiger charge is -2.20. The van der Waals surface area contributed by atoms with Crippen LogP contribution in [0.15, 0.2) is 54.6 Å². The van der Waals surface area contributed by atoms with Gasteiger partial charge in [0.15, 0.2) is 0 Å². The van der Waals surface area contributed by atoms with Crippen molar-refractivity contribution in [2.45, 2.75) is 26.4 Å². The normalized spacial score (nSPS) is 10.8. The minimum atomic E-state index is 0.544. The summed E-state index contributed by atoms with van der Waals surface area (Å²) in [6, 6.07) is 19.2. The van der Waals surface area contributed by atoms with Crippen molar-refractivity contribution in [3.63, 3.8) is 0 Å². The Morgan fingerprint density at radius 2 is 1.43 bits per heavy atom. The Morgan fingerprint density at radius 1 is 0.905 bits per heavy atom. The number of nitrogens with two attached hydrogens (primary N) is 1. The van der Waals surface area contributed by atoms with Gasteiger partial charge < -0.3 is 5.73 Å². The summed E-state index contributed by atoms with van der Waals surface area (Å²) in [5.41, 5.74) is 9.42. The fourth-order valence-electron chi connectivity index (χ4n) is 2.34. The zero-order valence-electron chi connectivity index (χ0n) is 12.5. The van der Waals surface area contributed by atoms with Gasteiger partial charge in [-0.25, -0.2) is 0 Å². The second kappa shape index (κ2) is 7.91. The molecule has 0 spiro atoms. The smallest absolute Gasteiger partial charge is 0.0771 e. The maximum atomic E-state index is 5.57. The van der Waals surface area contributed by atoms with Gasteiger partial charge in [0.05, 0.1) is 4.99 Å². The fraction of sp³-hybridized carbons (Fsp3) is 0.278. The summed E-state index contributed by atoms with van der Waals surface area (Å²) in [6.45, 7) is 5.17. The topological polar surface area (TPSA) is 29.3 Å². The lowest BCUT2D eigenvalue weighted by molar-refractivity contribution is 0.271. The molecule has 110 valence electrons. The monoisotopic (exact) mass is 298 g/mol. The predicted octanol–water partition coefficient (Wildman–Crippen LogP) is 3.54. The zero-order chi connectivity index (χ0) is 15.1. The molecule has 3 heteroatoms. The molecule has 0 aliphatic heterocycles. The summed E-state index contributed by atoms with van der Waals surface area (Å²) >= 11 is 4.94. The van der Waals surface area contributed by atoms with E-state index in [0.717, 1.165) is 19.6 Å². The largest absolute Gasteiger partial charge is 0.393 e. The van der Waals surface area contributed by atoms with Gasteiger partial charge in [-0.1, -0.05) is 73.7 Å². The molecule has 0 amide bonds. The average molecular weight is 298 g/mol. The number of thiocarbonyl (C=S) groups is 1. The number of rotatable bonds is 7. The maximum Gasteiger partial charge on any atom is 0.0771 e. The molecule has 0 aliphatic carbocycles. The van der Waals surface area contributed by atoms with E-state index >= 15 is 0 Å². The molecule has 0 bridgehead atoms. The SMILES string of the molecule is CCN(Cc1ccccc1)Cc1ccc(CC(N)=S)cc1. The molecule has 0 atom stereocenters. The minimum Gasteiger partial charge on any atom is -0.393 e. The van der Waals surface area contributed by atoms with E-state index in [4.69, 9.17) is 18.0 Å². The van der Waals surface area contributed by atoms with Crippen LogP contribution in [0.4, 0.5) is 0 Å². The van der Waals surface area contributed by atoms with Crippen molar-refractivity contribution in [1.29, 1.82) is 0 Å². The number of benzene rings is 2. The number of hydrogen-bond acceptors (Lipinski definition) is 2. The molecule has 0 radical (unpaired) electrons. The van der Waals surface area contributed by atoms with E-state index in [9.17, 15) is 0 Å². The predicted molar refractivity (Wildman–Crippen MR) is 93.2 cm³/mol. The molecule has 2 aromatic rings. The van der Waals surface area contributed by atoms with E-state index < -0.39 is 0 Å². The zero-order valence-corrected chi connectivity index (χ0v) is 13.3. The molecule has 2 aromatic carbocycles. The third-order valence-electron chi connectivity index (χ3n) is 3.50. The molecule has 2 rings (SSSR count). The number of nitrogens with zero attached hydrogens (tertiary/aromatic N) is 1. The molecule has 0 fully saturated rings. The quantitative estimate of drug-likeness (QED) is 0.793. The molecular formula is C18H22N2S. The van der Waals surface area contributed by atoms with Crippen molar-refractivity contribution in [2.75, 3.05) is 6.54 Å². The Kier molecular flexibility index (Phi) is 5.90. The highest BCUT2D eigenvalue weighted by Gasteiger charge is 2.05. The van der Waals surface area contributed by atoms with Crippen molar-refractivity contribution in [3.8, 4) is 0 Å². The second-order valence-electron chi connectivity index (χ2n) is 5.25. The second-order valence-corrected chi connectivity index (χ2v) is 5.77. The van der Waals surface area contributed by atoms with Gasteiger partial charge in [-0.2, -0.15) is 0 Å². The van der Waals surface area contributed by atoms with Crippen LogP contribution >= 0.6 is 12.2 Å². The summed E-state index contributed by atoms with van der Waals surface area (Å²) in [5, 5.41) is 0. The fourth-order valence-corrected chi connectivity index (χ4v) is 2.51. The first-order chi connectivity index (χ1) is 10.2. The van der Waals surface area contributed by atoms with Crippen LogP contribution in [0.3, 0.4) is 0 Å². The van der Waals surface area contributed by atoms with Gasteiger partial charge in [0.1, 0.15) is 0 Å². The highest BCUT2D eigenvalue weighted by atomic mass is 32.1. The maximum absolute atomic E-state index is 5.57. The Balaban J connectivity index is 1.96. The first kappa shape index (κ1) is 15.7. The molecule has 0 aliphatic rings. The Hall–Kier alpha value is -1.71. The molecule has 2 nitrogen and oxygen atoms in total. The van der Waals surface area contributed by atoms with Crippen LogP contribution in [0.1, 0.15) is 23.6 Å². The van der Waals surface area contributed by atoms with E-state index in [1.54, 1.807) is 0 Å². The van der Waals surface area contributed by atoms with Gasteiger partial charge in [0.25, 0.3) is 0 Å². The van der Waals surface area contributed by atoms with Gasteiger partial charge in [0.2, 0.25) is 0 Å². The first-order valence-corrected chi connectivity index (χ1v) is 7.70. The molecule has 0 saturated carbocycles. The van der Waals surface area contributed by atoms with E-state index in [1.807, 2.05) is 0 Å². The van der Waals surface area contributed by atoms with Gasteiger partial charge in [-0.3, -0.25) is 4.90 Å². The molecule has 0 unspecified atom stereocenters. The van der Waals surface area contributed by atoms with Crippen LogP contribution in [0.25, 0.3) is 0 Å². The molecular weight excluding hydrogens is 276 g/mol. The third kappa shape index (κ3) is 5.29. The van der Waals surface area contributed by atoms with Crippen molar-refractivity contribution in [3.05, 3.63) is 71.3 Å². The van der Waals surface area contributed by atoms with Crippen molar-refractivity contribution < 1.29 is 0 Å². The van der Waals surface area contributed by atoms with Gasteiger partial charge in [-0.15, -0.1) is 0 Å². The molecule has 0 heterocycles. The molecule has 0 saturated heterocycles. The summed E-state index contributed by atoms with van der Waals surface area (Å²) in [4.78, 5) is 2.97. The van der Waals surface area contributed by atoms with Crippen LogP contribution in [0.5, 0.6) is 0 Å². The van der Waals surface area contributed by atoms with Crippen LogP contribution in [0.2, 0.25) is 0 Å². The van der Waals surface area contributed by atoms with Crippen LogP contribution in [0, 0.1) is 0 Å². The van der Waals surface area contributed by atoms with Crippen LogP contribution in [-0.2, 0) is 19.5 Å². The van der Waals surface area contributed by atoms with Crippen molar-refractivity contribution >= 4 is 17.2 Å². The Bertz CT molecular complexity index is 564. The summed E-state index contributed by atoms with van der Waals surface area (Å²) in [7, 11) is 0. The Labute approximate surface area is 132 Å². The standard InChI is InChI=1S/C18H22N2S/c1-2-20(13-16-6-4-3-5-7-16)14-17-10-8-15(9-11-17)12-18(19)21/h3-11H,2,12-14H2,1H3,(H2,19,21). The highest BCUT2D eigenvalue weighted by molar-refractivity contribution is 7.80. The summed E-state index contributed by atoms with van der Waals surface area (Å²) in [5.74, 6) is 0.